The molecule has 0 aromatic carbocycles. The number of hydrogen-bond acceptors (Lipinski definition) is 3. The molecule has 1 N–H and O–H groups in total. The lowest BCUT2D eigenvalue weighted by Gasteiger charge is -2.21. The van der Waals surface area contributed by atoms with Crippen molar-refractivity contribution in [3.05, 3.63) is 11.4 Å². The molecule has 0 aliphatic heterocycles. The van der Waals surface area contributed by atoms with E-state index in [4.69, 9.17) is 0 Å². The third kappa shape index (κ3) is 2.54. The highest BCUT2D eigenvalue weighted by Crippen LogP contribution is 2.29. The molecule has 18 heavy (non-hydrogen) atoms. The van der Waals surface area contributed by atoms with Gasteiger partial charge in [-0.05, 0) is 18.8 Å². The first-order valence-electron chi connectivity index (χ1n) is 6.57. The Labute approximate surface area is 107 Å². The molecular weight excluding hydrogens is 230 g/mol. The minimum Gasteiger partial charge on any atom is -0.476 e. The molecule has 1 saturated carbocycles. The fourth-order valence-electron chi connectivity index (χ4n) is 2.76. The van der Waals surface area contributed by atoms with E-state index in [1.54, 1.807) is 4.68 Å². The summed E-state index contributed by atoms with van der Waals surface area (Å²) in [5.74, 6) is -0.368. The van der Waals surface area contributed by atoms with Crippen LogP contribution in [-0.4, -0.2) is 26.1 Å². The van der Waals surface area contributed by atoms with Crippen molar-refractivity contribution in [1.29, 1.82) is 0 Å². The fourth-order valence-corrected chi connectivity index (χ4v) is 2.76. The molecule has 1 fully saturated rings. The monoisotopic (exact) mass is 251 g/mol. The Morgan fingerprint density at radius 3 is 2.50 bits per heavy atom. The third-order valence-corrected chi connectivity index (χ3v) is 3.55. The molecule has 1 aliphatic rings. The summed E-state index contributed by atoms with van der Waals surface area (Å²) < 4.78 is 1.80. The Balaban J connectivity index is 2.32. The first-order valence-corrected chi connectivity index (χ1v) is 6.57. The van der Waals surface area contributed by atoms with Gasteiger partial charge in [0.15, 0.2) is 5.69 Å². The number of rotatable bonds is 3. The lowest BCUT2D eigenvalue weighted by Crippen LogP contribution is -2.23. The molecule has 0 bridgehead atoms. The van der Waals surface area contributed by atoms with E-state index in [0.717, 1.165) is 12.2 Å². The van der Waals surface area contributed by atoms with Crippen molar-refractivity contribution < 1.29 is 9.90 Å². The molecule has 5 heteroatoms. The molecule has 0 atom stereocenters. The van der Waals surface area contributed by atoms with Crippen LogP contribution in [0.5, 0.6) is 0 Å². The van der Waals surface area contributed by atoms with Crippen molar-refractivity contribution >= 4 is 5.97 Å². The zero-order chi connectivity index (χ0) is 13.3. The minimum atomic E-state index is -0.988. The Bertz CT molecular complexity index is 440. The molecule has 1 aromatic rings. The molecule has 0 saturated heterocycles. The fraction of sp³-hybridized carbons (Fsp3) is 0.769. The summed E-state index contributed by atoms with van der Waals surface area (Å²) in [6.45, 7) is 6.81. The first-order chi connectivity index (χ1) is 8.39. The molecule has 0 radical (unpaired) electrons. The molecule has 5 nitrogen and oxygen atoms in total. The average molecular weight is 251 g/mol. The lowest BCUT2D eigenvalue weighted by molar-refractivity contribution is 0.0687. The van der Waals surface area contributed by atoms with E-state index in [-0.39, 0.29) is 11.1 Å². The van der Waals surface area contributed by atoms with Crippen LogP contribution in [0.15, 0.2) is 0 Å². The largest absolute Gasteiger partial charge is 0.476 e. The van der Waals surface area contributed by atoms with Crippen LogP contribution in [0.3, 0.4) is 0 Å². The molecule has 1 heterocycles. The Hall–Kier alpha value is -1.39. The molecule has 0 unspecified atom stereocenters. The van der Waals surface area contributed by atoms with Gasteiger partial charge in [-0.1, -0.05) is 38.8 Å². The maximum absolute atomic E-state index is 11.2. The molecule has 2 rings (SSSR count). The van der Waals surface area contributed by atoms with Crippen LogP contribution >= 0.6 is 0 Å². The second-order valence-electron chi connectivity index (χ2n) is 6.17. The zero-order valence-corrected chi connectivity index (χ0v) is 11.3. The molecule has 0 amide bonds. The quantitative estimate of drug-likeness (QED) is 0.896. The van der Waals surface area contributed by atoms with Gasteiger partial charge in [-0.15, -0.1) is 5.10 Å². The summed E-state index contributed by atoms with van der Waals surface area (Å²) in [4.78, 5) is 11.2. The smallest absolute Gasteiger partial charge is 0.358 e. The standard InChI is InChI=1S/C13H21N3O2/c1-13(2,3)11-10(12(17)18)14-15-16(11)8-9-6-4-5-7-9/h9H,4-8H2,1-3H3,(H,17,18). The average Bonchev–Trinajstić information content (AvgIpc) is 2.85. The lowest BCUT2D eigenvalue weighted by atomic mass is 9.90. The van der Waals surface area contributed by atoms with Crippen molar-refractivity contribution in [2.24, 2.45) is 5.92 Å². The van der Waals surface area contributed by atoms with Crippen LogP contribution in [-0.2, 0) is 12.0 Å². The van der Waals surface area contributed by atoms with E-state index < -0.39 is 5.97 Å². The summed E-state index contributed by atoms with van der Waals surface area (Å²) in [5.41, 5.74) is 0.581. The number of nitrogens with zero attached hydrogens (tertiary/aromatic N) is 3. The van der Waals surface area contributed by atoms with Crippen LogP contribution in [0.2, 0.25) is 0 Å². The maximum atomic E-state index is 11.2. The predicted octanol–water partition coefficient (Wildman–Crippen LogP) is 2.46. The Kier molecular flexibility index (Phi) is 3.41. The van der Waals surface area contributed by atoms with Crippen LogP contribution in [0.4, 0.5) is 0 Å². The Morgan fingerprint density at radius 2 is 2.00 bits per heavy atom. The highest BCUT2D eigenvalue weighted by Gasteiger charge is 2.30. The summed E-state index contributed by atoms with van der Waals surface area (Å²) in [5, 5.41) is 17.1. The topological polar surface area (TPSA) is 68.0 Å². The van der Waals surface area contributed by atoms with E-state index in [2.05, 4.69) is 10.3 Å². The van der Waals surface area contributed by atoms with Crippen LogP contribution < -0.4 is 0 Å². The van der Waals surface area contributed by atoms with E-state index in [0.29, 0.717) is 5.92 Å². The van der Waals surface area contributed by atoms with Crippen LogP contribution in [0.1, 0.15) is 62.6 Å². The van der Waals surface area contributed by atoms with Crippen LogP contribution in [0, 0.1) is 5.92 Å². The van der Waals surface area contributed by atoms with Gasteiger partial charge in [0.1, 0.15) is 0 Å². The van der Waals surface area contributed by atoms with Gasteiger partial charge in [0.05, 0.1) is 5.69 Å². The van der Waals surface area contributed by atoms with E-state index >= 15 is 0 Å². The minimum absolute atomic E-state index is 0.0977. The highest BCUT2D eigenvalue weighted by molar-refractivity contribution is 5.86. The van der Waals surface area contributed by atoms with E-state index in [1.165, 1.54) is 25.7 Å². The van der Waals surface area contributed by atoms with Crippen molar-refractivity contribution in [2.45, 2.75) is 58.4 Å². The summed E-state index contributed by atoms with van der Waals surface area (Å²) in [6.07, 6.45) is 4.98. The second kappa shape index (κ2) is 4.71. The van der Waals surface area contributed by atoms with Crippen LogP contribution in [0.25, 0.3) is 0 Å². The van der Waals surface area contributed by atoms with Gasteiger partial charge in [-0.2, -0.15) is 0 Å². The SMILES string of the molecule is CC(C)(C)c1c(C(=O)O)nnn1CC1CCCC1. The van der Waals surface area contributed by atoms with Gasteiger partial charge >= 0.3 is 5.97 Å². The molecule has 100 valence electrons. The third-order valence-electron chi connectivity index (χ3n) is 3.55. The molecule has 1 aromatic heterocycles. The second-order valence-corrected chi connectivity index (χ2v) is 6.17. The number of carboxylic acids is 1. The van der Waals surface area contributed by atoms with Gasteiger partial charge < -0.3 is 5.11 Å². The maximum Gasteiger partial charge on any atom is 0.358 e. The van der Waals surface area contributed by atoms with Gasteiger partial charge in [0, 0.05) is 12.0 Å². The number of carboxylic acid groups (broad SMARTS) is 1. The predicted molar refractivity (Wildman–Crippen MR) is 67.6 cm³/mol. The molecule has 0 spiro atoms. The van der Waals surface area contributed by atoms with Gasteiger partial charge in [-0.3, -0.25) is 0 Å². The highest BCUT2D eigenvalue weighted by atomic mass is 16.4. The normalized spacial score (nSPS) is 17.3. The van der Waals surface area contributed by atoms with Crippen molar-refractivity contribution in [3.8, 4) is 0 Å². The first kappa shape index (κ1) is 13.1. The van der Waals surface area contributed by atoms with Gasteiger partial charge in [0.25, 0.3) is 0 Å². The number of aromatic nitrogens is 3. The summed E-state index contributed by atoms with van der Waals surface area (Å²) in [6, 6.07) is 0. The van der Waals surface area contributed by atoms with Crippen molar-refractivity contribution in [2.75, 3.05) is 0 Å². The van der Waals surface area contributed by atoms with E-state index in [9.17, 15) is 9.90 Å². The molecule has 1 aliphatic carbocycles. The molecular formula is C13H21N3O2. The number of aromatic carboxylic acids is 1. The van der Waals surface area contributed by atoms with E-state index in [1.807, 2.05) is 20.8 Å². The number of hydrogen-bond donors (Lipinski definition) is 1. The number of carbonyl (C=O) groups is 1. The summed E-state index contributed by atoms with van der Waals surface area (Å²) in [7, 11) is 0. The van der Waals surface area contributed by atoms with Gasteiger partial charge in [0.2, 0.25) is 0 Å². The van der Waals surface area contributed by atoms with Gasteiger partial charge in [-0.25, -0.2) is 9.48 Å². The zero-order valence-electron chi connectivity index (χ0n) is 11.3. The summed E-state index contributed by atoms with van der Waals surface area (Å²) >= 11 is 0. The van der Waals surface area contributed by atoms with Crippen molar-refractivity contribution in [3.63, 3.8) is 0 Å². The Morgan fingerprint density at radius 1 is 1.39 bits per heavy atom. The van der Waals surface area contributed by atoms with Crippen molar-refractivity contribution in [1.82, 2.24) is 15.0 Å².